The van der Waals surface area contributed by atoms with Gasteiger partial charge in [-0.25, -0.2) is 0 Å². The number of ether oxygens (including phenoxy) is 1. The van der Waals surface area contributed by atoms with Crippen molar-refractivity contribution in [2.45, 2.75) is 38.6 Å². The number of aryl methyl sites for hydroxylation is 1. The molecule has 2 aromatic carbocycles. The van der Waals surface area contributed by atoms with Gasteiger partial charge >= 0.3 is 0 Å². The molecule has 1 amide bonds. The summed E-state index contributed by atoms with van der Waals surface area (Å²) in [5, 5.41) is 0. The van der Waals surface area contributed by atoms with Crippen molar-refractivity contribution < 1.29 is 9.53 Å². The normalized spacial score (nSPS) is 17.0. The van der Waals surface area contributed by atoms with Crippen molar-refractivity contribution in [3.05, 3.63) is 83.7 Å². The number of pyridine rings is 1. The number of hydrogen-bond acceptors (Lipinski definition) is 3. The molecule has 154 valence electrons. The van der Waals surface area contributed by atoms with Gasteiger partial charge in [-0.05, 0) is 67.6 Å². The van der Waals surface area contributed by atoms with E-state index in [1.165, 1.54) is 0 Å². The molecule has 4 heteroatoms. The zero-order valence-electron chi connectivity index (χ0n) is 17.8. The number of nitrogens with zero attached hydrogens (tertiary/aromatic N) is 2. The second kappa shape index (κ2) is 8.70. The van der Waals surface area contributed by atoms with Gasteiger partial charge in [0, 0.05) is 12.2 Å². The van der Waals surface area contributed by atoms with E-state index >= 15 is 0 Å². The number of aromatic nitrogens is 1. The van der Waals surface area contributed by atoms with Crippen LogP contribution in [0.2, 0.25) is 0 Å². The first-order valence-electron chi connectivity index (χ1n) is 10.6. The number of rotatable bonds is 5. The maximum atomic E-state index is 13.3. The minimum Gasteiger partial charge on any atom is -0.497 e. The molecule has 3 aromatic rings. The number of hydrogen-bond donors (Lipinski definition) is 0. The number of amides is 1. The molecule has 0 saturated carbocycles. The highest BCUT2D eigenvalue weighted by Gasteiger charge is 2.33. The van der Waals surface area contributed by atoms with Gasteiger partial charge in [-0.2, -0.15) is 0 Å². The van der Waals surface area contributed by atoms with Crippen LogP contribution >= 0.6 is 0 Å². The van der Waals surface area contributed by atoms with Crippen LogP contribution in [0.4, 0.5) is 0 Å². The highest BCUT2D eigenvalue weighted by atomic mass is 16.5. The molecule has 0 spiro atoms. The number of likely N-dealkylation sites (tertiary alicyclic amines) is 1. The van der Waals surface area contributed by atoms with E-state index in [9.17, 15) is 4.79 Å². The SMILES string of the molecule is COc1ccc(-c2cc(C)nc([C@@H]3CCCN3C(=O)[C@H](C)c3ccccc3)c2)cc1. The number of carbonyl (C=O) groups excluding carboxylic acids is 1. The summed E-state index contributed by atoms with van der Waals surface area (Å²) in [5.74, 6) is 0.864. The third kappa shape index (κ3) is 4.09. The predicted molar refractivity (Wildman–Crippen MR) is 120 cm³/mol. The van der Waals surface area contributed by atoms with Gasteiger partial charge in [0.2, 0.25) is 5.91 Å². The predicted octanol–water partition coefficient (Wildman–Crippen LogP) is 5.53. The average Bonchev–Trinajstić information content (AvgIpc) is 3.28. The van der Waals surface area contributed by atoms with E-state index in [2.05, 4.69) is 24.3 Å². The van der Waals surface area contributed by atoms with Crippen molar-refractivity contribution in [1.82, 2.24) is 9.88 Å². The summed E-state index contributed by atoms with van der Waals surface area (Å²) in [4.78, 5) is 20.2. The molecule has 4 rings (SSSR count). The lowest BCUT2D eigenvalue weighted by Gasteiger charge is -2.28. The molecule has 0 bridgehead atoms. The lowest BCUT2D eigenvalue weighted by atomic mass is 9.98. The van der Waals surface area contributed by atoms with Crippen molar-refractivity contribution >= 4 is 5.91 Å². The molecule has 2 atom stereocenters. The van der Waals surface area contributed by atoms with Gasteiger partial charge in [0.05, 0.1) is 24.8 Å². The van der Waals surface area contributed by atoms with Crippen LogP contribution in [0.1, 0.15) is 48.7 Å². The molecule has 0 N–H and O–H groups in total. The van der Waals surface area contributed by atoms with Crippen LogP contribution < -0.4 is 4.74 Å². The van der Waals surface area contributed by atoms with Gasteiger partial charge in [0.15, 0.2) is 0 Å². The Labute approximate surface area is 178 Å². The molecule has 0 radical (unpaired) electrons. The number of carbonyl (C=O) groups is 1. The highest BCUT2D eigenvalue weighted by Crippen LogP contribution is 2.35. The number of methoxy groups -OCH3 is 1. The van der Waals surface area contributed by atoms with E-state index in [1.807, 2.05) is 61.2 Å². The summed E-state index contributed by atoms with van der Waals surface area (Å²) in [5.41, 5.74) is 5.25. The molecule has 2 heterocycles. The average molecular weight is 401 g/mol. The molecule has 1 aliphatic heterocycles. The monoisotopic (exact) mass is 400 g/mol. The van der Waals surface area contributed by atoms with Crippen molar-refractivity contribution in [2.24, 2.45) is 0 Å². The standard InChI is InChI=1S/C26H28N2O2/c1-18-16-22(21-11-13-23(30-3)14-12-21)17-24(27-18)25-10-7-15-28(25)26(29)19(2)20-8-5-4-6-9-20/h4-6,8-9,11-14,16-17,19,25H,7,10,15H2,1-3H3/t19-,25+/m1/s1. The Morgan fingerprint density at radius 1 is 1.07 bits per heavy atom. The third-order valence-electron chi connectivity index (χ3n) is 5.94. The minimum absolute atomic E-state index is 0.0283. The third-order valence-corrected chi connectivity index (χ3v) is 5.94. The molecule has 1 aliphatic rings. The molecule has 4 nitrogen and oxygen atoms in total. The van der Waals surface area contributed by atoms with Gasteiger partial charge in [-0.1, -0.05) is 42.5 Å². The van der Waals surface area contributed by atoms with Crippen LogP contribution in [0.25, 0.3) is 11.1 Å². The first-order valence-corrected chi connectivity index (χ1v) is 10.6. The van der Waals surface area contributed by atoms with Crippen molar-refractivity contribution in [1.29, 1.82) is 0 Å². The van der Waals surface area contributed by atoms with Crippen molar-refractivity contribution in [2.75, 3.05) is 13.7 Å². The van der Waals surface area contributed by atoms with Crippen molar-refractivity contribution in [3.8, 4) is 16.9 Å². The zero-order valence-corrected chi connectivity index (χ0v) is 17.8. The largest absolute Gasteiger partial charge is 0.497 e. The summed E-state index contributed by atoms with van der Waals surface area (Å²) in [7, 11) is 1.67. The zero-order chi connectivity index (χ0) is 21.1. The van der Waals surface area contributed by atoms with Crippen LogP contribution in [0.5, 0.6) is 5.75 Å². The fourth-order valence-corrected chi connectivity index (χ4v) is 4.29. The summed E-state index contributed by atoms with van der Waals surface area (Å²) in [6.07, 6.45) is 1.96. The Bertz CT molecular complexity index is 1010. The summed E-state index contributed by atoms with van der Waals surface area (Å²) in [6.45, 7) is 4.80. The van der Waals surface area contributed by atoms with Gasteiger partial charge in [0.1, 0.15) is 5.75 Å². The van der Waals surface area contributed by atoms with Crippen LogP contribution in [0.15, 0.2) is 66.7 Å². The lowest BCUT2D eigenvalue weighted by molar-refractivity contribution is -0.133. The van der Waals surface area contributed by atoms with Gasteiger partial charge in [-0.15, -0.1) is 0 Å². The van der Waals surface area contributed by atoms with Crippen LogP contribution in [-0.4, -0.2) is 29.4 Å². The fourth-order valence-electron chi connectivity index (χ4n) is 4.29. The maximum Gasteiger partial charge on any atom is 0.230 e. The molecule has 1 fully saturated rings. The summed E-state index contributed by atoms with van der Waals surface area (Å²) >= 11 is 0. The second-order valence-corrected chi connectivity index (χ2v) is 7.97. The Hall–Kier alpha value is -3.14. The molecule has 30 heavy (non-hydrogen) atoms. The highest BCUT2D eigenvalue weighted by molar-refractivity contribution is 5.84. The minimum atomic E-state index is -0.155. The van der Waals surface area contributed by atoms with E-state index in [1.54, 1.807) is 7.11 Å². The molecule has 1 saturated heterocycles. The summed E-state index contributed by atoms with van der Waals surface area (Å²) in [6, 6.07) is 22.3. The van der Waals surface area contributed by atoms with E-state index < -0.39 is 0 Å². The fraction of sp³-hybridized carbons (Fsp3) is 0.308. The Morgan fingerprint density at radius 2 is 1.80 bits per heavy atom. The Kier molecular flexibility index (Phi) is 5.84. The smallest absolute Gasteiger partial charge is 0.230 e. The number of benzene rings is 2. The molecular formula is C26H28N2O2. The Balaban J connectivity index is 1.62. The molecule has 0 unspecified atom stereocenters. The van der Waals surface area contributed by atoms with Gasteiger partial charge in [0.25, 0.3) is 0 Å². The lowest BCUT2D eigenvalue weighted by Crippen LogP contribution is -2.34. The van der Waals surface area contributed by atoms with E-state index in [4.69, 9.17) is 9.72 Å². The van der Waals surface area contributed by atoms with Crippen LogP contribution in [0.3, 0.4) is 0 Å². The van der Waals surface area contributed by atoms with Crippen LogP contribution in [-0.2, 0) is 4.79 Å². The maximum absolute atomic E-state index is 13.3. The summed E-state index contributed by atoms with van der Waals surface area (Å²) < 4.78 is 5.28. The quantitative estimate of drug-likeness (QED) is 0.565. The van der Waals surface area contributed by atoms with Gasteiger partial charge in [-0.3, -0.25) is 9.78 Å². The molecule has 1 aromatic heterocycles. The first kappa shape index (κ1) is 20.1. The van der Waals surface area contributed by atoms with Gasteiger partial charge < -0.3 is 9.64 Å². The second-order valence-electron chi connectivity index (χ2n) is 7.97. The van der Waals surface area contributed by atoms with Crippen molar-refractivity contribution in [3.63, 3.8) is 0 Å². The van der Waals surface area contributed by atoms with E-state index in [0.717, 1.165) is 53.2 Å². The molecular weight excluding hydrogens is 372 g/mol. The Morgan fingerprint density at radius 3 is 2.50 bits per heavy atom. The van der Waals surface area contributed by atoms with E-state index in [0.29, 0.717) is 0 Å². The molecule has 0 aliphatic carbocycles. The van der Waals surface area contributed by atoms with E-state index in [-0.39, 0.29) is 17.9 Å². The topological polar surface area (TPSA) is 42.4 Å². The first-order chi connectivity index (χ1) is 14.6. The van der Waals surface area contributed by atoms with Crippen LogP contribution in [0, 0.1) is 6.92 Å².